The number of rotatable bonds is 5. The number of nitrogens with one attached hydrogen (secondary N) is 3. The third-order valence-electron chi connectivity index (χ3n) is 4.80. The van der Waals surface area contributed by atoms with Gasteiger partial charge < -0.3 is 30.9 Å². The number of hydrogen-bond donors (Lipinski definition) is 9. The summed E-state index contributed by atoms with van der Waals surface area (Å²) < 4.78 is 71.0. The predicted molar refractivity (Wildman–Crippen MR) is 92.7 cm³/mol. The molecule has 21 heteroatoms. The van der Waals surface area contributed by atoms with E-state index >= 15 is 0 Å². The number of ether oxygens (including phenoxy) is 1. The van der Waals surface area contributed by atoms with E-state index in [0.717, 1.165) is 9.62 Å². The molecule has 19 nitrogen and oxygen atoms in total. The van der Waals surface area contributed by atoms with Crippen molar-refractivity contribution in [3.8, 4) is 0 Å². The van der Waals surface area contributed by atoms with Gasteiger partial charge in [0.05, 0.1) is 6.54 Å². The summed E-state index contributed by atoms with van der Waals surface area (Å²) >= 11 is 0. The molecular weight excluding hydrogens is 474 g/mol. The van der Waals surface area contributed by atoms with Crippen molar-refractivity contribution in [1.29, 1.82) is 5.41 Å². The highest BCUT2D eigenvalue weighted by atomic mass is 32.3. The van der Waals surface area contributed by atoms with E-state index in [2.05, 4.69) is 19.2 Å². The van der Waals surface area contributed by atoms with Crippen molar-refractivity contribution in [1.82, 2.24) is 20.0 Å². The summed E-state index contributed by atoms with van der Waals surface area (Å²) in [5, 5.41) is 42.4. The first kappa shape index (κ1) is 23.1. The highest BCUT2D eigenvalue weighted by Crippen LogP contribution is 2.47. The quantitative estimate of drug-likeness (QED) is 0.128. The molecule has 176 valence electrons. The third kappa shape index (κ3) is 3.80. The Morgan fingerprint density at radius 3 is 2.52 bits per heavy atom. The van der Waals surface area contributed by atoms with Crippen molar-refractivity contribution >= 4 is 38.7 Å². The molecule has 0 bridgehead atoms. The highest BCUT2D eigenvalue weighted by Gasteiger charge is 2.76. The summed E-state index contributed by atoms with van der Waals surface area (Å²) in [6.45, 7) is -1.70. The fourth-order valence-electron chi connectivity index (χ4n) is 3.70. The van der Waals surface area contributed by atoms with Crippen molar-refractivity contribution in [3.63, 3.8) is 0 Å². The van der Waals surface area contributed by atoms with Gasteiger partial charge in [-0.2, -0.15) is 21.6 Å². The van der Waals surface area contributed by atoms with E-state index in [-0.39, 0.29) is 5.06 Å². The Kier molecular flexibility index (Phi) is 5.22. The first-order valence-electron chi connectivity index (χ1n) is 7.98. The molecule has 1 spiro atoms. The van der Waals surface area contributed by atoms with Gasteiger partial charge in [0.1, 0.15) is 18.7 Å². The van der Waals surface area contributed by atoms with Gasteiger partial charge in [0, 0.05) is 0 Å². The average molecular weight is 491 g/mol. The van der Waals surface area contributed by atoms with E-state index in [4.69, 9.17) is 20.2 Å². The van der Waals surface area contributed by atoms with Crippen LogP contribution in [0.15, 0.2) is 4.99 Å². The van der Waals surface area contributed by atoms with Crippen LogP contribution in [0.5, 0.6) is 0 Å². The average Bonchev–Trinajstić information content (AvgIpc) is 3.02. The zero-order chi connectivity index (χ0) is 23.6. The molecule has 0 aliphatic carbocycles. The highest BCUT2D eigenvalue weighted by molar-refractivity contribution is 7.84. The van der Waals surface area contributed by atoms with Gasteiger partial charge in [0.25, 0.3) is 0 Å². The second kappa shape index (κ2) is 6.99. The molecule has 0 aromatic carbocycles. The molecule has 2 fully saturated rings. The maximum absolute atomic E-state index is 11.5. The van der Waals surface area contributed by atoms with Gasteiger partial charge in [0.2, 0.25) is 11.7 Å². The lowest BCUT2D eigenvalue weighted by Crippen LogP contribution is -2.80. The fraction of sp³-hybridized carbons (Fsp3) is 0.700. The van der Waals surface area contributed by atoms with E-state index in [1.165, 1.54) is 0 Å². The number of guanidine groups is 2. The summed E-state index contributed by atoms with van der Waals surface area (Å²) in [7, 11) is -10.2. The van der Waals surface area contributed by atoms with Crippen molar-refractivity contribution in [2.75, 3.05) is 13.2 Å². The third-order valence-corrected chi connectivity index (χ3v) is 5.70. The molecular formula is C10H17N7O12S2. The number of hydrogen-bond acceptors (Lipinski definition) is 14. The molecule has 3 aliphatic rings. The van der Waals surface area contributed by atoms with Crippen LogP contribution < -0.4 is 15.8 Å². The second-order valence-electron chi connectivity index (χ2n) is 6.61. The first-order valence-corrected chi connectivity index (χ1v) is 10.8. The normalized spacial score (nSPS) is 32.1. The van der Waals surface area contributed by atoms with Crippen LogP contribution in [0.2, 0.25) is 0 Å². The topological polar surface area (TPSA) is 298 Å². The largest absolute Gasteiger partial charge is 0.446 e. The molecule has 3 rings (SSSR count). The maximum Gasteiger partial charge on any atom is 0.422 e. The van der Waals surface area contributed by atoms with Crippen molar-refractivity contribution < 1.29 is 55.1 Å². The summed E-state index contributed by atoms with van der Waals surface area (Å²) in [5.41, 5.74) is 3.27. The number of carbonyl (C=O) groups excluding carboxylic acids is 1. The Morgan fingerprint density at radius 2 is 1.97 bits per heavy atom. The Hall–Kier alpha value is -2.53. The summed E-state index contributed by atoms with van der Waals surface area (Å²) in [6, 6.07) is -3.19. The van der Waals surface area contributed by atoms with Crippen LogP contribution in [0, 0.1) is 5.41 Å². The maximum atomic E-state index is 11.5. The molecule has 0 aromatic heterocycles. The molecule has 4 unspecified atom stereocenters. The van der Waals surface area contributed by atoms with Crippen LogP contribution in [-0.2, 0) is 29.6 Å². The molecule has 0 saturated carbocycles. The monoisotopic (exact) mass is 491 g/mol. The Labute approximate surface area is 173 Å². The van der Waals surface area contributed by atoms with E-state index < -0.39 is 81.5 Å². The number of hydroxylamine groups is 2. The number of nitrogens with zero attached hydrogens (tertiary/aromatic N) is 3. The van der Waals surface area contributed by atoms with Gasteiger partial charge in [-0.1, -0.05) is 0 Å². The van der Waals surface area contributed by atoms with Crippen LogP contribution in [0.25, 0.3) is 0 Å². The van der Waals surface area contributed by atoms with Gasteiger partial charge in [-0.3, -0.25) is 19.7 Å². The van der Waals surface area contributed by atoms with Crippen molar-refractivity contribution in [2.45, 2.75) is 29.6 Å². The minimum absolute atomic E-state index is 0.166. The summed E-state index contributed by atoms with van der Waals surface area (Å²) in [4.78, 5) is 16.1. The number of nitrogens with two attached hydrogens (primary N) is 1. The number of carbonyl (C=O) groups is 1. The molecule has 10 N–H and O–H groups in total. The zero-order valence-corrected chi connectivity index (χ0v) is 16.6. The molecule has 3 aliphatic heterocycles. The van der Waals surface area contributed by atoms with Gasteiger partial charge in [-0.15, -0.1) is 0 Å². The molecule has 4 atom stereocenters. The van der Waals surface area contributed by atoms with Gasteiger partial charge in [-0.05, 0) is 0 Å². The number of aliphatic imine (C=N–C) groups is 1. The molecule has 3 heterocycles. The SMILES string of the molecule is N=C1N(O)C(COC(=O)NS(=O)(=O)O)C2N=C(N)NC23N1CC(OS(=O)(=O)O)C3(O)O. The molecule has 31 heavy (non-hydrogen) atoms. The van der Waals surface area contributed by atoms with E-state index in [1.807, 2.05) is 0 Å². The minimum atomic E-state index is -5.20. The van der Waals surface area contributed by atoms with Crippen LogP contribution in [0.1, 0.15) is 0 Å². The van der Waals surface area contributed by atoms with Crippen LogP contribution in [0.4, 0.5) is 4.79 Å². The Balaban J connectivity index is 1.96. The summed E-state index contributed by atoms with van der Waals surface area (Å²) in [5.74, 6) is -4.56. The smallest absolute Gasteiger partial charge is 0.422 e. The fourth-order valence-corrected chi connectivity index (χ4v) is 4.46. The van der Waals surface area contributed by atoms with Crippen LogP contribution >= 0.6 is 0 Å². The lowest BCUT2D eigenvalue weighted by molar-refractivity contribution is -0.265. The van der Waals surface area contributed by atoms with E-state index in [1.54, 1.807) is 0 Å². The lowest BCUT2D eigenvalue weighted by Gasteiger charge is -2.52. The zero-order valence-electron chi connectivity index (χ0n) is 15.0. The van der Waals surface area contributed by atoms with E-state index in [0.29, 0.717) is 0 Å². The molecule has 0 aromatic rings. The van der Waals surface area contributed by atoms with Crippen LogP contribution in [0.3, 0.4) is 0 Å². The van der Waals surface area contributed by atoms with Gasteiger partial charge in [-0.25, -0.2) is 19.0 Å². The number of amides is 1. The second-order valence-corrected chi connectivity index (χ2v) is 8.81. The molecule has 2 saturated heterocycles. The lowest BCUT2D eigenvalue weighted by atomic mass is 9.85. The first-order chi connectivity index (χ1) is 14.0. The minimum Gasteiger partial charge on any atom is -0.446 e. The Morgan fingerprint density at radius 1 is 1.35 bits per heavy atom. The van der Waals surface area contributed by atoms with Crippen molar-refractivity contribution in [3.05, 3.63) is 0 Å². The molecule has 0 radical (unpaired) electrons. The Bertz CT molecular complexity index is 1040. The van der Waals surface area contributed by atoms with Crippen LogP contribution in [-0.4, -0.2) is 112 Å². The summed E-state index contributed by atoms with van der Waals surface area (Å²) in [6.07, 6.45) is -3.78. The standard InChI is InChI=1S/C10H17N7O12S2/c11-6-13-5-3(2-28-8(18)15-30(22,23)24)17(21)7(12)16-1-4(29-31(25,26)27)10(19,20)9(5,16)14-6/h3-5,12,19-21H,1-2H2,(H,15,18)(H3,11,13,14)(H,22,23,24)(H,25,26,27). The van der Waals surface area contributed by atoms with Gasteiger partial charge >= 0.3 is 26.8 Å². The van der Waals surface area contributed by atoms with Gasteiger partial charge in [0.15, 0.2) is 17.7 Å². The van der Waals surface area contributed by atoms with Crippen molar-refractivity contribution in [2.24, 2.45) is 10.7 Å². The van der Waals surface area contributed by atoms with E-state index in [9.17, 15) is 37.1 Å². The number of aliphatic hydroxyl groups is 2. The molecule has 1 amide bonds. The predicted octanol–water partition coefficient (Wildman–Crippen LogP) is -5.31.